The molecule has 0 bridgehead atoms. The molecule has 84 valence electrons. The van der Waals surface area contributed by atoms with Gasteiger partial charge in [-0.2, -0.15) is 0 Å². The van der Waals surface area contributed by atoms with Crippen molar-refractivity contribution >= 4 is 5.84 Å². The van der Waals surface area contributed by atoms with Gasteiger partial charge >= 0.3 is 0 Å². The second kappa shape index (κ2) is 3.01. The van der Waals surface area contributed by atoms with E-state index in [1.165, 1.54) is 12.1 Å². The summed E-state index contributed by atoms with van der Waals surface area (Å²) in [5.74, 6) is 5.18. The van der Waals surface area contributed by atoms with Crippen LogP contribution in [0.1, 0.15) is 12.0 Å². The van der Waals surface area contributed by atoms with Crippen molar-refractivity contribution in [2.24, 2.45) is 16.8 Å². The molecule has 16 heavy (non-hydrogen) atoms. The summed E-state index contributed by atoms with van der Waals surface area (Å²) < 4.78 is 26.3. The Labute approximate surface area is 91.3 Å². The number of nitrogens with one attached hydrogen (secondary N) is 1. The molecule has 2 aliphatic rings. The Morgan fingerprint density at radius 3 is 2.50 bits per heavy atom. The van der Waals surface area contributed by atoms with Gasteiger partial charge in [0, 0.05) is 17.4 Å². The SMILES string of the molecule is NNC1=NC[C@@]2(c3cc(F)cc(F)c3)C[C@@H]12. The fourth-order valence-corrected chi connectivity index (χ4v) is 2.57. The maximum absolute atomic E-state index is 13.1. The first-order chi connectivity index (χ1) is 7.65. The van der Waals surface area contributed by atoms with E-state index in [0.717, 1.165) is 18.3 Å². The lowest BCUT2D eigenvalue weighted by molar-refractivity contribution is 0.571. The first-order valence-electron chi connectivity index (χ1n) is 5.13. The van der Waals surface area contributed by atoms with E-state index in [2.05, 4.69) is 10.4 Å². The summed E-state index contributed by atoms with van der Waals surface area (Å²) in [6.07, 6.45) is 0.860. The highest BCUT2D eigenvalue weighted by Gasteiger charge is 2.61. The second-order valence-electron chi connectivity index (χ2n) is 4.42. The van der Waals surface area contributed by atoms with Crippen molar-refractivity contribution in [2.75, 3.05) is 6.54 Å². The Hall–Kier alpha value is -1.49. The van der Waals surface area contributed by atoms with Gasteiger partial charge in [0.25, 0.3) is 0 Å². The molecule has 3 nitrogen and oxygen atoms in total. The number of hydrogen-bond donors (Lipinski definition) is 2. The summed E-state index contributed by atoms with van der Waals surface area (Å²) >= 11 is 0. The van der Waals surface area contributed by atoms with Gasteiger partial charge in [-0.15, -0.1) is 0 Å². The molecule has 0 radical (unpaired) electrons. The van der Waals surface area contributed by atoms with E-state index in [-0.39, 0.29) is 11.3 Å². The summed E-state index contributed by atoms with van der Waals surface area (Å²) in [4.78, 5) is 4.23. The molecule has 1 aromatic carbocycles. The highest BCUT2D eigenvalue weighted by atomic mass is 19.1. The van der Waals surface area contributed by atoms with Gasteiger partial charge in [0.1, 0.15) is 17.5 Å². The number of amidine groups is 1. The van der Waals surface area contributed by atoms with Crippen LogP contribution >= 0.6 is 0 Å². The van der Waals surface area contributed by atoms with Crippen molar-refractivity contribution in [1.29, 1.82) is 0 Å². The van der Waals surface area contributed by atoms with E-state index in [1.807, 2.05) is 0 Å². The summed E-state index contributed by atoms with van der Waals surface area (Å²) in [5.41, 5.74) is 3.01. The van der Waals surface area contributed by atoms with Crippen molar-refractivity contribution in [2.45, 2.75) is 11.8 Å². The zero-order valence-electron chi connectivity index (χ0n) is 8.50. The molecule has 1 aliphatic carbocycles. The molecular weight excluding hydrogens is 212 g/mol. The highest BCUT2D eigenvalue weighted by Crippen LogP contribution is 2.58. The number of nitrogens with two attached hydrogens (primary N) is 1. The van der Waals surface area contributed by atoms with Crippen LogP contribution in [-0.4, -0.2) is 12.4 Å². The first-order valence-corrected chi connectivity index (χ1v) is 5.13. The zero-order chi connectivity index (χ0) is 11.3. The number of halogens is 2. The number of hydrazine groups is 1. The van der Waals surface area contributed by atoms with Gasteiger partial charge in [0.05, 0.1) is 6.54 Å². The van der Waals surface area contributed by atoms with Crippen LogP contribution in [0, 0.1) is 17.6 Å². The predicted molar refractivity (Wildman–Crippen MR) is 55.8 cm³/mol. The van der Waals surface area contributed by atoms with Gasteiger partial charge in [-0.25, -0.2) is 14.6 Å². The molecule has 0 aromatic heterocycles. The standard InChI is InChI=1S/C11H11F2N3/c12-7-1-6(2-8(13)3-7)11-4-9(11)10(16-14)15-5-11/h1-3,9H,4-5,14H2,(H,15,16)/t9-,11+/m0/s1. The lowest BCUT2D eigenvalue weighted by Gasteiger charge is -2.11. The van der Waals surface area contributed by atoms with Gasteiger partial charge in [0.2, 0.25) is 0 Å². The first kappa shape index (κ1) is 9.72. The van der Waals surface area contributed by atoms with Crippen LogP contribution in [0.5, 0.6) is 0 Å². The Morgan fingerprint density at radius 2 is 2.00 bits per heavy atom. The van der Waals surface area contributed by atoms with E-state index in [0.29, 0.717) is 12.1 Å². The zero-order valence-corrected chi connectivity index (χ0v) is 8.50. The number of fused-ring (bicyclic) bond motifs is 1. The van der Waals surface area contributed by atoms with Gasteiger partial charge in [0.15, 0.2) is 0 Å². The average Bonchev–Trinajstić information content (AvgIpc) is 2.86. The molecule has 1 saturated carbocycles. The van der Waals surface area contributed by atoms with Gasteiger partial charge < -0.3 is 5.43 Å². The molecule has 3 rings (SSSR count). The Kier molecular flexibility index (Phi) is 1.83. The Morgan fingerprint density at radius 1 is 1.31 bits per heavy atom. The summed E-state index contributed by atoms with van der Waals surface area (Å²) in [5, 5.41) is 0. The van der Waals surface area contributed by atoms with E-state index in [9.17, 15) is 8.78 Å². The van der Waals surface area contributed by atoms with Crippen LogP contribution in [0.25, 0.3) is 0 Å². The van der Waals surface area contributed by atoms with Crippen molar-refractivity contribution in [3.05, 3.63) is 35.4 Å². The van der Waals surface area contributed by atoms with E-state index < -0.39 is 11.6 Å². The van der Waals surface area contributed by atoms with Crippen LogP contribution in [0.15, 0.2) is 23.2 Å². The predicted octanol–water partition coefficient (Wildman–Crippen LogP) is 1.10. The normalized spacial score (nSPS) is 30.9. The second-order valence-corrected chi connectivity index (χ2v) is 4.42. The Bertz CT molecular complexity index is 466. The largest absolute Gasteiger partial charge is 0.312 e. The maximum atomic E-state index is 13.1. The van der Waals surface area contributed by atoms with Gasteiger partial charge in [-0.1, -0.05) is 0 Å². The minimum absolute atomic E-state index is 0.193. The molecule has 0 spiro atoms. The third-order valence-corrected chi connectivity index (χ3v) is 3.52. The molecule has 0 amide bonds. The van der Waals surface area contributed by atoms with Crippen LogP contribution in [0.3, 0.4) is 0 Å². The van der Waals surface area contributed by atoms with Crippen molar-refractivity contribution < 1.29 is 8.78 Å². The van der Waals surface area contributed by atoms with Crippen LogP contribution < -0.4 is 11.3 Å². The molecule has 2 atom stereocenters. The molecule has 0 saturated heterocycles. The van der Waals surface area contributed by atoms with Crippen molar-refractivity contribution in [1.82, 2.24) is 5.43 Å². The molecule has 0 unspecified atom stereocenters. The minimum atomic E-state index is -0.538. The topological polar surface area (TPSA) is 50.4 Å². The summed E-state index contributed by atoms with van der Waals surface area (Å²) in [6, 6.07) is 3.66. The van der Waals surface area contributed by atoms with Crippen molar-refractivity contribution in [3.63, 3.8) is 0 Å². The van der Waals surface area contributed by atoms with Crippen LogP contribution in [0.2, 0.25) is 0 Å². The fraction of sp³-hybridized carbons (Fsp3) is 0.364. The average molecular weight is 223 g/mol. The minimum Gasteiger partial charge on any atom is -0.312 e. The molecule has 1 fully saturated rings. The van der Waals surface area contributed by atoms with Gasteiger partial charge in [-0.05, 0) is 24.1 Å². The molecule has 1 aromatic rings. The monoisotopic (exact) mass is 223 g/mol. The van der Waals surface area contributed by atoms with Gasteiger partial charge in [-0.3, -0.25) is 4.99 Å². The van der Waals surface area contributed by atoms with Crippen LogP contribution in [-0.2, 0) is 5.41 Å². The van der Waals surface area contributed by atoms with E-state index >= 15 is 0 Å². The Balaban J connectivity index is 1.96. The lowest BCUT2D eigenvalue weighted by Crippen LogP contribution is -2.31. The molecule has 5 heteroatoms. The summed E-state index contributed by atoms with van der Waals surface area (Å²) in [7, 11) is 0. The third kappa shape index (κ3) is 1.18. The lowest BCUT2D eigenvalue weighted by atomic mass is 9.94. The van der Waals surface area contributed by atoms with Crippen LogP contribution in [0.4, 0.5) is 8.78 Å². The number of nitrogens with zero attached hydrogens (tertiary/aromatic N) is 1. The fourth-order valence-electron chi connectivity index (χ4n) is 2.57. The number of rotatable bonds is 1. The molecule has 1 heterocycles. The molecule has 3 N–H and O–H groups in total. The highest BCUT2D eigenvalue weighted by molar-refractivity contribution is 5.91. The van der Waals surface area contributed by atoms with E-state index in [1.54, 1.807) is 0 Å². The number of aliphatic imine (C=N–C) groups is 1. The third-order valence-electron chi connectivity index (χ3n) is 3.52. The number of hydrogen-bond acceptors (Lipinski definition) is 3. The smallest absolute Gasteiger partial charge is 0.126 e. The van der Waals surface area contributed by atoms with E-state index in [4.69, 9.17) is 5.84 Å². The number of benzene rings is 1. The molecule has 1 aliphatic heterocycles. The molecular formula is C11H11F2N3. The maximum Gasteiger partial charge on any atom is 0.126 e. The quantitative estimate of drug-likeness (QED) is 0.553. The van der Waals surface area contributed by atoms with Crippen molar-refractivity contribution in [3.8, 4) is 0 Å². The summed E-state index contributed by atoms with van der Waals surface area (Å²) in [6.45, 7) is 0.556.